The van der Waals surface area contributed by atoms with Gasteiger partial charge in [0.25, 0.3) is 0 Å². The zero-order valence-corrected chi connectivity index (χ0v) is 12.4. The molecule has 0 atom stereocenters. The maximum atomic E-state index is 10.8. The fraction of sp³-hybridized carbons (Fsp3) is 0. The topological polar surface area (TPSA) is 74.6 Å². The highest BCUT2D eigenvalue weighted by Gasteiger charge is 2.05. The average molecular weight is 347 g/mol. The summed E-state index contributed by atoms with van der Waals surface area (Å²) >= 11 is 3.33. The molecule has 0 unspecified atom stereocenters. The number of carboxylic acid groups (broad SMARTS) is 2. The first-order valence-corrected chi connectivity index (χ1v) is 6.81. The van der Waals surface area contributed by atoms with Crippen LogP contribution in [-0.2, 0) is 0 Å². The minimum atomic E-state index is -0.976. The van der Waals surface area contributed by atoms with Gasteiger partial charge in [-0.25, -0.2) is 9.59 Å². The first-order chi connectivity index (χ1) is 9.97. The maximum absolute atomic E-state index is 10.8. The van der Waals surface area contributed by atoms with Gasteiger partial charge in [0.2, 0.25) is 0 Å². The van der Waals surface area contributed by atoms with Crippen molar-refractivity contribution in [1.82, 2.24) is 0 Å². The Morgan fingerprint density at radius 1 is 0.857 bits per heavy atom. The molecule has 2 aromatic rings. The zero-order chi connectivity index (χ0) is 15.4. The molecular formula is C16H11BrO4. The Balaban J connectivity index is 2.21. The minimum absolute atomic E-state index is 0.213. The van der Waals surface area contributed by atoms with Gasteiger partial charge in [-0.2, -0.15) is 0 Å². The van der Waals surface area contributed by atoms with Crippen LogP contribution in [0.25, 0.3) is 12.2 Å². The normalized spacial score (nSPS) is 10.7. The largest absolute Gasteiger partial charge is 0.478 e. The fourth-order valence-electron chi connectivity index (χ4n) is 1.72. The van der Waals surface area contributed by atoms with Crippen molar-refractivity contribution < 1.29 is 19.8 Å². The number of carbonyl (C=O) groups is 2. The van der Waals surface area contributed by atoms with Crippen molar-refractivity contribution in [1.29, 1.82) is 0 Å². The number of benzene rings is 2. The second kappa shape index (κ2) is 6.37. The van der Waals surface area contributed by atoms with Crippen molar-refractivity contribution in [2.75, 3.05) is 0 Å². The molecule has 0 saturated heterocycles. The van der Waals surface area contributed by atoms with Gasteiger partial charge < -0.3 is 10.2 Å². The molecule has 106 valence electrons. The first-order valence-electron chi connectivity index (χ1n) is 6.01. The summed E-state index contributed by atoms with van der Waals surface area (Å²) in [6.07, 6.45) is 3.65. The predicted octanol–water partition coefficient (Wildman–Crippen LogP) is 4.02. The minimum Gasteiger partial charge on any atom is -0.478 e. The van der Waals surface area contributed by atoms with Gasteiger partial charge in [-0.15, -0.1) is 0 Å². The highest BCUT2D eigenvalue weighted by Crippen LogP contribution is 2.21. The second-order valence-electron chi connectivity index (χ2n) is 4.30. The van der Waals surface area contributed by atoms with Crippen LogP contribution >= 0.6 is 15.9 Å². The van der Waals surface area contributed by atoms with Gasteiger partial charge in [-0.1, -0.05) is 46.3 Å². The van der Waals surface area contributed by atoms with E-state index in [4.69, 9.17) is 10.2 Å². The van der Waals surface area contributed by atoms with Crippen LogP contribution in [0, 0.1) is 0 Å². The molecule has 0 aliphatic rings. The van der Waals surface area contributed by atoms with E-state index in [1.165, 1.54) is 24.3 Å². The van der Waals surface area contributed by atoms with E-state index in [-0.39, 0.29) is 11.1 Å². The van der Waals surface area contributed by atoms with Crippen LogP contribution in [0.3, 0.4) is 0 Å². The Morgan fingerprint density at radius 3 is 1.95 bits per heavy atom. The molecule has 21 heavy (non-hydrogen) atoms. The summed E-state index contributed by atoms with van der Waals surface area (Å²) in [6.45, 7) is 0. The van der Waals surface area contributed by atoms with E-state index in [0.717, 1.165) is 11.1 Å². The third-order valence-electron chi connectivity index (χ3n) is 2.86. The van der Waals surface area contributed by atoms with Crippen molar-refractivity contribution in [2.24, 2.45) is 0 Å². The Hall–Kier alpha value is -2.40. The molecule has 0 fully saturated rings. The number of halogens is 1. The van der Waals surface area contributed by atoms with E-state index < -0.39 is 11.9 Å². The number of rotatable bonds is 4. The van der Waals surface area contributed by atoms with Crippen LogP contribution in [-0.4, -0.2) is 22.2 Å². The van der Waals surface area contributed by atoms with Gasteiger partial charge in [0.1, 0.15) is 0 Å². The number of carboxylic acids is 2. The molecule has 0 aromatic heterocycles. The second-order valence-corrected chi connectivity index (χ2v) is 5.16. The molecule has 0 bridgehead atoms. The predicted molar refractivity (Wildman–Crippen MR) is 83.4 cm³/mol. The van der Waals surface area contributed by atoms with Crippen molar-refractivity contribution in [3.8, 4) is 0 Å². The van der Waals surface area contributed by atoms with Gasteiger partial charge in [-0.05, 0) is 35.4 Å². The molecule has 0 spiro atoms. The quantitative estimate of drug-likeness (QED) is 0.820. The van der Waals surface area contributed by atoms with E-state index in [2.05, 4.69) is 15.9 Å². The van der Waals surface area contributed by atoms with Gasteiger partial charge in [0, 0.05) is 4.47 Å². The Morgan fingerprint density at radius 2 is 1.43 bits per heavy atom. The summed E-state index contributed by atoms with van der Waals surface area (Å²) in [5.41, 5.74) is 2.14. The molecule has 2 N–H and O–H groups in total. The standard InChI is InChI=1S/C16H11BrO4/c17-14-9-13(16(20)21)8-7-11(14)4-1-10-2-5-12(6-3-10)15(18)19/h1-9H,(H,18,19)(H,20,21). The molecule has 4 nitrogen and oxygen atoms in total. The lowest BCUT2D eigenvalue weighted by molar-refractivity contribution is 0.0686. The van der Waals surface area contributed by atoms with Crippen LogP contribution in [0.4, 0.5) is 0 Å². The zero-order valence-electron chi connectivity index (χ0n) is 10.8. The van der Waals surface area contributed by atoms with Crippen molar-refractivity contribution in [3.63, 3.8) is 0 Å². The number of hydrogen-bond acceptors (Lipinski definition) is 2. The van der Waals surface area contributed by atoms with E-state index >= 15 is 0 Å². The summed E-state index contributed by atoms with van der Waals surface area (Å²) in [5, 5.41) is 17.7. The summed E-state index contributed by atoms with van der Waals surface area (Å²) in [6, 6.07) is 11.2. The summed E-state index contributed by atoms with van der Waals surface area (Å²) in [7, 11) is 0. The molecule has 2 aromatic carbocycles. The Bertz CT molecular complexity index is 718. The highest BCUT2D eigenvalue weighted by atomic mass is 79.9. The molecule has 2 rings (SSSR count). The van der Waals surface area contributed by atoms with Crippen LogP contribution in [0.1, 0.15) is 31.8 Å². The van der Waals surface area contributed by atoms with E-state index in [9.17, 15) is 9.59 Å². The molecular weight excluding hydrogens is 336 g/mol. The summed E-state index contributed by atoms with van der Waals surface area (Å²) in [4.78, 5) is 21.6. The van der Waals surface area contributed by atoms with E-state index in [1.54, 1.807) is 18.2 Å². The van der Waals surface area contributed by atoms with Crippen LogP contribution in [0.5, 0.6) is 0 Å². The van der Waals surface area contributed by atoms with Crippen LogP contribution in [0.2, 0.25) is 0 Å². The lowest BCUT2D eigenvalue weighted by Crippen LogP contribution is -1.96. The lowest BCUT2D eigenvalue weighted by Gasteiger charge is -2.01. The molecule has 0 aliphatic carbocycles. The van der Waals surface area contributed by atoms with Gasteiger partial charge in [0.05, 0.1) is 11.1 Å². The Labute approximate surface area is 129 Å². The summed E-state index contributed by atoms with van der Waals surface area (Å²) < 4.78 is 0.681. The molecule has 0 aliphatic heterocycles. The Kier molecular flexibility index (Phi) is 4.55. The summed E-state index contributed by atoms with van der Waals surface area (Å²) in [5.74, 6) is -1.94. The first kappa shape index (κ1) is 15.0. The highest BCUT2D eigenvalue weighted by molar-refractivity contribution is 9.10. The monoisotopic (exact) mass is 346 g/mol. The van der Waals surface area contributed by atoms with Gasteiger partial charge >= 0.3 is 11.9 Å². The average Bonchev–Trinajstić information content (AvgIpc) is 2.46. The molecule has 0 amide bonds. The van der Waals surface area contributed by atoms with E-state index in [1.807, 2.05) is 12.2 Å². The van der Waals surface area contributed by atoms with Crippen molar-refractivity contribution >= 4 is 40.0 Å². The van der Waals surface area contributed by atoms with E-state index in [0.29, 0.717) is 4.47 Å². The van der Waals surface area contributed by atoms with Gasteiger partial charge in [0.15, 0.2) is 0 Å². The third kappa shape index (κ3) is 3.79. The molecule has 0 saturated carbocycles. The van der Waals surface area contributed by atoms with Crippen molar-refractivity contribution in [2.45, 2.75) is 0 Å². The van der Waals surface area contributed by atoms with Crippen molar-refractivity contribution in [3.05, 3.63) is 69.2 Å². The smallest absolute Gasteiger partial charge is 0.335 e. The maximum Gasteiger partial charge on any atom is 0.335 e. The molecule has 0 heterocycles. The van der Waals surface area contributed by atoms with Gasteiger partial charge in [-0.3, -0.25) is 0 Å². The lowest BCUT2D eigenvalue weighted by atomic mass is 10.1. The number of aromatic carboxylic acids is 2. The van der Waals surface area contributed by atoms with Crippen LogP contribution < -0.4 is 0 Å². The number of hydrogen-bond donors (Lipinski definition) is 2. The SMILES string of the molecule is O=C(O)c1ccc(C=Cc2ccc(C(=O)O)cc2Br)cc1. The molecule has 0 radical (unpaired) electrons. The molecule has 5 heteroatoms. The third-order valence-corrected chi connectivity index (χ3v) is 3.55. The van der Waals surface area contributed by atoms with Crippen LogP contribution in [0.15, 0.2) is 46.9 Å². The fourth-order valence-corrected chi connectivity index (χ4v) is 2.23.